The molecule has 0 bridgehead atoms. The number of benzene rings is 2. The molecule has 0 spiro atoms. The van der Waals surface area contributed by atoms with Crippen molar-refractivity contribution in [3.8, 4) is 0 Å². The highest BCUT2D eigenvalue weighted by Gasteiger charge is 2.48. The third-order valence-corrected chi connectivity index (χ3v) is 4.42. The molecule has 3 aromatic rings. The largest absolute Gasteiger partial charge is 0.309 e. The summed E-state index contributed by atoms with van der Waals surface area (Å²) in [6.45, 7) is 2.08. The highest BCUT2D eigenvalue weighted by Crippen LogP contribution is 2.52. The first kappa shape index (κ1) is 12.3. The third kappa shape index (κ3) is 1.88. The summed E-state index contributed by atoms with van der Waals surface area (Å²) in [5.41, 5.74) is 3.11. The van der Waals surface area contributed by atoms with Gasteiger partial charge in [0.15, 0.2) is 0 Å². The minimum Gasteiger partial charge on any atom is -0.309 e. The van der Waals surface area contributed by atoms with E-state index in [4.69, 9.17) is 4.98 Å². The highest BCUT2D eigenvalue weighted by atomic mass is 16.1. The molecule has 0 atom stereocenters. The molecule has 1 fully saturated rings. The van der Waals surface area contributed by atoms with Crippen LogP contribution in [0.4, 0.5) is 0 Å². The van der Waals surface area contributed by atoms with E-state index >= 15 is 0 Å². The van der Waals surface area contributed by atoms with Crippen molar-refractivity contribution in [3.05, 3.63) is 75.8 Å². The second-order valence-electron chi connectivity index (χ2n) is 5.88. The zero-order chi connectivity index (χ0) is 14.4. The Kier molecular flexibility index (Phi) is 2.52. The Morgan fingerprint density at radius 2 is 1.76 bits per heavy atom. The van der Waals surface area contributed by atoms with Gasteiger partial charge in [-0.05, 0) is 37.5 Å². The number of hydrogen-bond donors (Lipinski definition) is 1. The van der Waals surface area contributed by atoms with Crippen molar-refractivity contribution in [3.63, 3.8) is 0 Å². The van der Waals surface area contributed by atoms with Crippen LogP contribution in [0.15, 0.2) is 53.3 Å². The molecule has 0 amide bonds. The molecule has 1 aromatic heterocycles. The van der Waals surface area contributed by atoms with E-state index in [0.717, 1.165) is 24.2 Å². The van der Waals surface area contributed by atoms with Crippen molar-refractivity contribution in [2.75, 3.05) is 0 Å². The Morgan fingerprint density at radius 3 is 2.48 bits per heavy atom. The second kappa shape index (κ2) is 4.29. The molecule has 0 aliphatic heterocycles. The van der Waals surface area contributed by atoms with Crippen molar-refractivity contribution in [2.24, 2.45) is 0 Å². The zero-order valence-corrected chi connectivity index (χ0v) is 11.9. The van der Waals surface area contributed by atoms with Crippen LogP contribution in [0.25, 0.3) is 10.9 Å². The summed E-state index contributed by atoms with van der Waals surface area (Å²) in [5.74, 6) is 0.801. The van der Waals surface area contributed by atoms with Gasteiger partial charge in [-0.1, -0.05) is 42.0 Å². The van der Waals surface area contributed by atoms with Crippen LogP contribution in [-0.2, 0) is 5.41 Å². The van der Waals surface area contributed by atoms with Crippen LogP contribution in [0, 0.1) is 6.92 Å². The molecule has 1 aliphatic rings. The van der Waals surface area contributed by atoms with E-state index in [1.54, 1.807) is 0 Å². The highest BCUT2D eigenvalue weighted by molar-refractivity contribution is 5.77. The molecule has 4 rings (SSSR count). The molecule has 3 heteroatoms. The minimum absolute atomic E-state index is 0.0472. The lowest BCUT2D eigenvalue weighted by Gasteiger charge is -2.15. The van der Waals surface area contributed by atoms with Gasteiger partial charge in [0.25, 0.3) is 5.56 Å². The number of aryl methyl sites for hydroxylation is 1. The molecule has 1 saturated carbocycles. The summed E-state index contributed by atoms with van der Waals surface area (Å²) in [4.78, 5) is 20.0. The smallest absolute Gasteiger partial charge is 0.258 e. The van der Waals surface area contributed by atoms with E-state index in [1.807, 2.05) is 24.3 Å². The van der Waals surface area contributed by atoms with Crippen LogP contribution >= 0.6 is 0 Å². The lowest BCUT2D eigenvalue weighted by Crippen LogP contribution is -2.20. The first-order chi connectivity index (χ1) is 10.2. The van der Waals surface area contributed by atoms with Gasteiger partial charge < -0.3 is 4.98 Å². The number of nitrogens with one attached hydrogen (secondary N) is 1. The molecule has 0 radical (unpaired) electrons. The summed E-state index contributed by atoms with van der Waals surface area (Å²) < 4.78 is 0. The SMILES string of the molecule is Cc1ccc(C2(c3nc4ccccc4c(=O)[nH]3)CC2)cc1. The van der Waals surface area contributed by atoms with Gasteiger partial charge >= 0.3 is 0 Å². The lowest BCUT2D eigenvalue weighted by atomic mass is 9.94. The Morgan fingerprint density at radius 1 is 1.05 bits per heavy atom. The molecule has 3 nitrogen and oxygen atoms in total. The quantitative estimate of drug-likeness (QED) is 0.780. The summed E-state index contributed by atoms with van der Waals surface area (Å²) in [7, 11) is 0. The fraction of sp³-hybridized carbons (Fsp3) is 0.222. The van der Waals surface area contributed by atoms with Crippen LogP contribution in [0.5, 0.6) is 0 Å². The zero-order valence-electron chi connectivity index (χ0n) is 11.9. The van der Waals surface area contributed by atoms with Gasteiger partial charge in [-0.25, -0.2) is 4.98 Å². The van der Waals surface area contributed by atoms with Crippen molar-refractivity contribution in [1.82, 2.24) is 9.97 Å². The van der Waals surface area contributed by atoms with E-state index in [2.05, 4.69) is 36.2 Å². The number of fused-ring (bicyclic) bond motifs is 1. The predicted molar refractivity (Wildman–Crippen MR) is 83.6 cm³/mol. The molecule has 21 heavy (non-hydrogen) atoms. The molecule has 1 N–H and O–H groups in total. The minimum atomic E-state index is -0.100. The summed E-state index contributed by atoms with van der Waals surface area (Å²) in [6, 6.07) is 16.0. The fourth-order valence-corrected chi connectivity index (χ4v) is 2.97. The topological polar surface area (TPSA) is 45.8 Å². The Labute approximate surface area is 122 Å². The van der Waals surface area contributed by atoms with E-state index in [1.165, 1.54) is 11.1 Å². The summed E-state index contributed by atoms with van der Waals surface area (Å²) in [6.07, 6.45) is 2.08. The average Bonchev–Trinajstić information content (AvgIpc) is 3.30. The Balaban J connectivity index is 1.90. The Bertz CT molecular complexity index is 874. The van der Waals surface area contributed by atoms with E-state index in [-0.39, 0.29) is 11.0 Å². The molecule has 2 aromatic carbocycles. The molecule has 0 saturated heterocycles. The van der Waals surface area contributed by atoms with Crippen molar-refractivity contribution < 1.29 is 0 Å². The van der Waals surface area contributed by atoms with Crippen LogP contribution in [0.1, 0.15) is 29.8 Å². The van der Waals surface area contributed by atoms with E-state index < -0.39 is 0 Å². The number of rotatable bonds is 2. The fourth-order valence-electron chi connectivity index (χ4n) is 2.97. The van der Waals surface area contributed by atoms with Crippen LogP contribution in [0.2, 0.25) is 0 Å². The number of hydrogen-bond acceptors (Lipinski definition) is 2. The Hall–Kier alpha value is -2.42. The first-order valence-corrected chi connectivity index (χ1v) is 7.26. The average molecular weight is 276 g/mol. The van der Waals surface area contributed by atoms with Crippen LogP contribution in [0.3, 0.4) is 0 Å². The molecular formula is C18H16N2O. The first-order valence-electron chi connectivity index (χ1n) is 7.26. The predicted octanol–water partition coefficient (Wildman–Crippen LogP) is 3.31. The van der Waals surface area contributed by atoms with Crippen LogP contribution < -0.4 is 5.56 Å². The maximum Gasteiger partial charge on any atom is 0.258 e. The van der Waals surface area contributed by atoms with Crippen LogP contribution in [-0.4, -0.2) is 9.97 Å². The van der Waals surface area contributed by atoms with E-state index in [0.29, 0.717) is 5.39 Å². The lowest BCUT2D eigenvalue weighted by molar-refractivity contribution is 0.756. The number of para-hydroxylation sites is 1. The maximum absolute atomic E-state index is 12.3. The third-order valence-electron chi connectivity index (χ3n) is 4.42. The van der Waals surface area contributed by atoms with Crippen molar-refractivity contribution in [2.45, 2.75) is 25.2 Å². The van der Waals surface area contributed by atoms with Crippen molar-refractivity contribution in [1.29, 1.82) is 0 Å². The van der Waals surface area contributed by atoms with E-state index in [9.17, 15) is 4.79 Å². The monoisotopic (exact) mass is 276 g/mol. The standard InChI is InChI=1S/C18H16N2O/c1-12-6-8-13(9-7-12)18(10-11-18)17-19-15-5-3-2-4-14(15)16(21)20-17/h2-9H,10-11H2,1H3,(H,19,20,21). The number of H-pyrrole nitrogens is 1. The van der Waals surface area contributed by atoms with Gasteiger partial charge in [0.1, 0.15) is 5.82 Å². The van der Waals surface area contributed by atoms with Gasteiger partial charge in [0, 0.05) is 0 Å². The van der Waals surface area contributed by atoms with Gasteiger partial charge in [0.05, 0.1) is 16.3 Å². The molecule has 1 heterocycles. The summed E-state index contributed by atoms with van der Waals surface area (Å²) >= 11 is 0. The van der Waals surface area contributed by atoms with Gasteiger partial charge in [-0.3, -0.25) is 4.79 Å². The molecule has 1 aliphatic carbocycles. The molecule has 0 unspecified atom stereocenters. The number of nitrogens with zero attached hydrogens (tertiary/aromatic N) is 1. The van der Waals surface area contributed by atoms with Crippen molar-refractivity contribution >= 4 is 10.9 Å². The maximum atomic E-state index is 12.3. The number of aromatic amines is 1. The van der Waals surface area contributed by atoms with Gasteiger partial charge in [0.2, 0.25) is 0 Å². The number of aromatic nitrogens is 2. The van der Waals surface area contributed by atoms with Gasteiger partial charge in [-0.2, -0.15) is 0 Å². The van der Waals surface area contributed by atoms with Gasteiger partial charge in [-0.15, -0.1) is 0 Å². The molecular weight excluding hydrogens is 260 g/mol. The normalized spacial score (nSPS) is 16.0. The second-order valence-corrected chi connectivity index (χ2v) is 5.88. The molecule has 104 valence electrons. The summed E-state index contributed by atoms with van der Waals surface area (Å²) in [5, 5.41) is 0.654.